The molecule has 22 heavy (non-hydrogen) atoms. The minimum atomic E-state index is -0.784. The maximum Gasteiger partial charge on any atom is 0.120 e. The predicted octanol–water partition coefficient (Wildman–Crippen LogP) is 2.84. The number of benzene rings is 1. The zero-order chi connectivity index (χ0) is 15.1. The Kier molecular flexibility index (Phi) is 3.74. The average Bonchev–Trinajstić information content (AvgIpc) is 3.17. The van der Waals surface area contributed by atoms with E-state index in [1.807, 2.05) is 6.21 Å². The first-order valence-electron chi connectivity index (χ1n) is 8.31. The third-order valence-electron chi connectivity index (χ3n) is 5.41. The van der Waals surface area contributed by atoms with E-state index in [0.717, 1.165) is 39.1 Å². The van der Waals surface area contributed by atoms with Crippen molar-refractivity contribution in [2.45, 2.75) is 44.4 Å². The number of likely N-dealkylation sites (tertiary alicyclic amines) is 1. The van der Waals surface area contributed by atoms with Crippen molar-refractivity contribution in [3.05, 3.63) is 34.4 Å². The van der Waals surface area contributed by atoms with Gasteiger partial charge >= 0.3 is 0 Å². The first kappa shape index (κ1) is 14.3. The molecule has 4 heteroatoms. The van der Waals surface area contributed by atoms with Gasteiger partial charge in [-0.2, -0.15) is 0 Å². The van der Waals surface area contributed by atoms with Crippen molar-refractivity contribution < 1.29 is 9.13 Å². The molecule has 0 aliphatic carbocycles. The highest BCUT2D eigenvalue weighted by Crippen LogP contribution is 2.35. The van der Waals surface area contributed by atoms with Gasteiger partial charge in [0.25, 0.3) is 0 Å². The smallest absolute Gasteiger partial charge is 0.120 e. The van der Waals surface area contributed by atoms with Gasteiger partial charge in [0, 0.05) is 31.3 Å². The van der Waals surface area contributed by atoms with Crippen LogP contribution in [0.5, 0.6) is 0 Å². The quantitative estimate of drug-likeness (QED) is 0.839. The van der Waals surface area contributed by atoms with Crippen LogP contribution in [-0.2, 0) is 11.3 Å². The number of piperidine rings is 1. The Morgan fingerprint density at radius 3 is 3.00 bits per heavy atom. The lowest BCUT2D eigenvalue weighted by Gasteiger charge is -2.38. The van der Waals surface area contributed by atoms with Gasteiger partial charge < -0.3 is 4.74 Å². The highest BCUT2D eigenvalue weighted by Gasteiger charge is 2.35. The van der Waals surface area contributed by atoms with Crippen LogP contribution in [0, 0.1) is 6.92 Å². The van der Waals surface area contributed by atoms with Crippen LogP contribution in [0.1, 0.15) is 41.0 Å². The number of rotatable bonds is 2. The molecule has 0 N–H and O–H groups in total. The molecule has 0 bridgehead atoms. The van der Waals surface area contributed by atoms with Gasteiger partial charge in [0.15, 0.2) is 0 Å². The highest BCUT2D eigenvalue weighted by molar-refractivity contribution is 5.85. The van der Waals surface area contributed by atoms with Gasteiger partial charge in [-0.05, 0) is 54.6 Å². The number of aliphatic imine (C=N–C) groups is 1. The molecule has 2 saturated heterocycles. The summed E-state index contributed by atoms with van der Waals surface area (Å²) in [5, 5.41) is 0. The van der Waals surface area contributed by atoms with Gasteiger partial charge in [0.1, 0.15) is 6.17 Å². The lowest BCUT2D eigenvalue weighted by atomic mass is 9.83. The minimum Gasteiger partial charge on any atom is -0.380 e. The molecule has 3 nitrogen and oxygen atoms in total. The molecule has 118 valence electrons. The summed E-state index contributed by atoms with van der Waals surface area (Å²) in [6.07, 6.45) is 3.10. The van der Waals surface area contributed by atoms with E-state index in [-0.39, 0.29) is 5.92 Å². The molecular weight excluding hydrogens is 279 g/mol. The highest BCUT2D eigenvalue weighted by atomic mass is 19.1. The van der Waals surface area contributed by atoms with Crippen molar-refractivity contribution in [2.24, 2.45) is 4.99 Å². The van der Waals surface area contributed by atoms with Crippen LogP contribution in [0.4, 0.5) is 4.39 Å². The number of aryl methyl sites for hydroxylation is 1. The Hall–Kier alpha value is -1.26. The lowest BCUT2D eigenvalue weighted by Crippen LogP contribution is -2.46. The van der Waals surface area contributed by atoms with Crippen molar-refractivity contribution >= 4 is 6.21 Å². The SMILES string of the molecule is Cc1cc2c(cc1C1CCN(C3CCOC3)CC1F)CN=C2. The van der Waals surface area contributed by atoms with Crippen LogP contribution in [0.15, 0.2) is 17.1 Å². The molecule has 3 heterocycles. The normalized spacial score (nSPS) is 31.6. The van der Waals surface area contributed by atoms with Gasteiger partial charge in [0.05, 0.1) is 13.2 Å². The molecule has 1 aromatic rings. The molecule has 0 aromatic heterocycles. The number of ether oxygens (including phenoxy) is 1. The molecule has 0 amide bonds. The number of fused-ring (bicyclic) bond motifs is 1. The van der Waals surface area contributed by atoms with E-state index in [0.29, 0.717) is 12.6 Å². The summed E-state index contributed by atoms with van der Waals surface area (Å²) in [4.78, 5) is 6.61. The second kappa shape index (κ2) is 5.74. The van der Waals surface area contributed by atoms with E-state index in [9.17, 15) is 4.39 Å². The van der Waals surface area contributed by atoms with E-state index in [2.05, 4.69) is 28.9 Å². The maximum atomic E-state index is 14.9. The number of halogens is 1. The molecule has 0 saturated carbocycles. The van der Waals surface area contributed by atoms with Gasteiger partial charge in [-0.25, -0.2) is 4.39 Å². The van der Waals surface area contributed by atoms with Gasteiger partial charge in [-0.15, -0.1) is 0 Å². The molecule has 0 spiro atoms. The second-order valence-corrected chi connectivity index (χ2v) is 6.80. The zero-order valence-corrected chi connectivity index (χ0v) is 13.1. The van der Waals surface area contributed by atoms with Crippen molar-refractivity contribution in [2.75, 3.05) is 26.3 Å². The Morgan fingerprint density at radius 1 is 1.32 bits per heavy atom. The Morgan fingerprint density at radius 2 is 2.23 bits per heavy atom. The van der Waals surface area contributed by atoms with Gasteiger partial charge in [-0.3, -0.25) is 9.89 Å². The van der Waals surface area contributed by atoms with E-state index >= 15 is 0 Å². The van der Waals surface area contributed by atoms with E-state index in [4.69, 9.17) is 4.74 Å². The predicted molar refractivity (Wildman–Crippen MR) is 85.5 cm³/mol. The molecule has 4 rings (SSSR count). The number of nitrogens with zero attached hydrogens (tertiary/aromatic N) is 2. The summed E-state index contributed by atoms with van der Waals surface area (Å²) in [7, 11) is 0. The average molecular weight is 302 g/mol. The minimum absolute atomic E-state index is 0.0319. The van der Waals surface area contributed by atoms with Crippen molar-refractivity contribution in [1.29, 1.82) is 0 Å². The molecule has 3 aliphatic rings. The van der Waals surface area contributed by atoms with E-state index in [1.165, 1.54) is 22.3 Å². The fourth-order valence-electron chi connectivity index (χ4n) is 4.11. The Labute approximate surface area is 131 Å². The summed E-state index contributed by atoms with van der Waals surface area (Å²) in [5.41, 5.74) is 4.85. The molecule has 3 unspecified atom stereocenters. The number of alkyl halides is 1. The second-order valence-electron chi connectivity index (χ2n) is 6.80. The molecule has 3 atom stereocenters. The third-order valence-corrected chi connectivity index (χ3v) is 5.41. The number of hydrogen-bond donors (Lipinski definition) is 0. The standard InChI is InChI=1S/C18H23FN2O/c1-12-6-13-8-20-9-14(13)7-17(12)16-2-4-21(10-18(16)19)15-3-5-22-11-15/h6-8,15-16,18H,2-5,9-11H2,1H3. The van der Waals surface area contributed by atoms with Crippen LogP contribution < -0.4 is 0 Å². The Balaban J connectivity index is 1.52. The zero-order valence-electron chi connectivity index (χ0n) is 13.1. The lowest BCUT2D eigenvalue weighted by molar-refractivity contribution is 0.0727. The molecule has 2 fully saturated rings. The van der Waals surface area contributed by atoms with Crippen LogP contribution in [0.2, 0.25) is 0 Å². The molecule has 3 aliphatic heterocycles. The molecule has 1 aromatic carbocycles. The van der Waals surface area contributed by atoms with E-state index < -0.39 is 6.17 Å². The summed E-state index contributed by atoms with van der Waals surface area (Å²) >= 11 is 0. The first-order valence-corrected chi connectivity index (χ1v) is 8.31. The van der Waals surface area contributed by atoms with Gasteiger partial charge in [-0.1, -0.05) is 6.07 Å². The monoisotopic (exact) mass is 302 g/mol. The van der Waals surface area contributed by atoms with Crippen molar-refractivity contribution in [3.63, 3.8) is 0 Å². The maximum absolute atomic E-state index is 14.9. The Bertz CT molecular complexity index is 595. The summed E-state index contributed by atoms with van der Waals surface area (Å²) in [6, 6.07) is 4.79. The summed E-state index contributed by atoms with van der Waals surface area (Å²) < 4.78 is 20.3. The van der Waals surface area contributed by atoms with Crippen LogP contribution in [-0.4, -0.2) is 49.6 Å². The van der Waals surface area contributed by atoms with Crippen molar-refractivity contribution in [3.8, 4) is 0 Å². The van der Waals surface area contributed by atoms with Gasteiger partial charge in [0.2, 0.25) is 0 Å². The van der Waals surface area contributed by atoms with Crippen LogP contribution >= 0.6 is 0 Å². The molecular formula is C18H23FN2O. The van der Waals surface area contributed by atoms with Crippen LogP contribution in [0.3, 0.4) is 0 Å². The summed E-state index contributed by atoms with van der Waals surface area (Å²) in [6.45, 7) is 5.97. The number of hydrogen-bond acceptors (Lipinski definition) is 3. The third kappa shape index (κ3) is 2.48. The largest absolute Gasteiger partial charge is 0.380 e. The van der Waals surface area contributed by atoms with Crippen LogP contribution in [0.25, 0.3) is 0 Å². The fourth-order valence-corrected chi connectivity index (χ4v) is 4.11. The van der Waals surface area contributed by atoms with Crippen molar-refractivity contribution in [1.82, 2.24) is 4.90 Å². The summed E-state index contributed by atoms with van der Waals surface area (Å²) in [5.74, 6) is 0.0319. The topological polar surface area (TPSA) is 24.8 Å². The fraction of sp³-hybridized carbons (Fsp3) is 0.611. The molecule has 0 radical (unpaired) electrons. The van der Waals surface area contributed by atoms with E-state index in [1.54, 1.807) is 0 Å². The first-order chi connectivity index (χ1) is 10.7.